The number of hydrogen-bond donors (Lipinski definition) is 2. The number of rotatable bonds is 7. The van der Waals surface area contributed by atoms with Gasteiger partial charge >= 0.3 is 0 Å². The van der Waals surface area contributed by atoms with Crippen LogP contribution in [0.25, 0.3) is 10.9 Å². The fraction of sp³-hybridized carbons (Fsp3) is 0.120. The maximum Gasteiger partial charge on any atom is 0.287 e. The van der Waals surface area contributed by atoms with E-state index in [0.29, 0.717) is 28.7 Å². The number of ether oxygens (including phenoxy) is 3. The molecule has 7 nitrogen and oxygen atoms in total. The quantitative estimate of drug-likeness (QED) is 0.315. The van der Waals surface area contributed by atoms with E-state index in [1.165, 1.54) is 0 Å². The summed E-state index contributed by atoms with van der Waals surface area (Å²) in [7, 11) is 3.17. The van der Waals surface area contributed by atoms with E-state index in [4.69, 9.17) is 14.2 Å². The van der Waals surface area contributed by atoms with Gasteiger partial charge in [-0.3, -0.25) is 4.79 Å². The van der Waals surface area contributed by atoms with Crippen molar-refractivity contribution in [2.45, 2.75) is 6.92 Å². The van der Waals surface area contributed by atoms with E-state index in [1.807, 2.05) is 48.5 Å². The molecule has 3 aromatic carbocycles. The molecule has 2 N–H and O–H groups in total. The van der Waals surface area contributed by atoms with Gasteiger partial charge in [0, 0.05) is 16.5 Å². The van der Waals surface area contributed by atoms with Gasteiger partial charge in [-0.15, -0.1) is 0 Å². The summed E-state index contributed by atoms with van der Waals surface area (Å²) < 4.78 is 16.5. The zero-order chi connectivity index (χ0) is 22.5. The average Bonchev–Trinajstić information content (AvgIpc) is 3.26. The van der Waals surface area contributed by atoms with Crippen molar-refractivity contribution in [1.29, 1.82) is 0 Å². The molecule has 4 rings (SSSR count). The van der Waals surface area contributed by atoms with Crippen LogP contribution in [0.2, 0.25) is 0 Å². The number of nitrogens with one attached hydrogen (secondary N) is 2. The van der Waals surface area contributed by atoms with Gasteiger partial charge < -0.3 is 19.2 Å². The fourth-order valence-corrected chi connectivity index (χ4v) is 3.27. The molecule has 0 aliphatic heterocycles. The molecule has 0 unspecified atom stereocenters. The first-order valence-electron chi connectivity index (χ1n) is 10.00. The van der Waals surface area contributed by atoms with Crippen LogP contribution >= 0.6 is 0 Å². The summed E-state index contributed by atoms with van der Waals surface area (Å²) >= 11 is 0. The summed E-state index contributed by atoms with van der Waals surface area (Å²) in [6.45, 7) is 1.79. The van der Waals surface area contributed by atoms with Crippen LogP contribution in [0, 0.1) is 0 Å². The number of H-pyrrole nitrogens is 1. The molecule has 0 bridgehead atoms. The molecule has 32 heavy (non-hydrogen) atoms. The number of benzene rings is 3. The molecule has 0 aliphatic carbocycles. The number of amides is 1. The maximum absolute atomic E-state index is 12.7. The first-order chi connectivity index (χ1) is 15.6. The van der Waals surface area contributed by atoms with Crippen molar-refractivity contribution in [3.8, 4) is 23.0 Å². The van der Waals surface area contributed by atoms with Crippen molar-refractivity contribution in [3.05, 3.63) is 84.1 Å². The van der Waals surface area contributed by atoms with Gasteiger partial charge in [-0.25, -0.2) is 5.43 Å². The Morgan fingerprint density at radius 2 is 1.66 bits per heavy atom. The normalized spacial score (nSPS) is 11.3. The molecule has 1 heterocycles. The molecular formula is C25H23N3O4. The van der Waals surface area contributed by atoms with Gasteiger partial charge in [0.2, 0.25) is 0 Å². The Kier molecular flexibility index (Phi) is 6.07. The van der Waals surface area contributed by atoms with Gasteiger partial charge in [0.25, 0.3) is 5.91 Å². The molecule has 0 spiro atoms. The zero-order valence-corrected chi connectivity index (χ0v) is 18.0. The first kappa shape index (κ1) is 21.0. The third-order valence-electron chi connectivity index (χ3n) is 4.94. The largest absolute Gasteiger partial charge is 0.497 e. The number of para-hydroxylation sites is 1. The Balaban J connectivity index is 1.51. The Labute approximate surface area is 185 Å². The number of hydrogen-bond acceptors (Lipinski definition) is 5. The Hall–Kier alpha value is -4.26. The highest BCUT2D eigenvalue weighted by atomic mass is 16.5. The number of carbonyl (C=O) groups is 1. The summed E-state index contributed by atoms with van der Waals surface area (Å²) in [5.41, 5.74) is 5.13. The zero-order valence-electron chi connectivity index (χ0n) is 18.0. The summed E-state index contributed by atoms with van der Waals surface area (Å²) in [5, 5.41) is 5.10. The number of fused-ring (bicyclic) bond motifs is 1. The van der Waals surface area contributed by atoms with Crippen LogP contribution in [0.15, 0.2) is 77.9 Å². The Bertz CT molecular complexity index is 1280. The van der Waals surface area contributed by atoms with E-state index in [-0.39, 0.29) is 5.91 Å². The van der Waals surface area contributed by atoms with E-state index in [0.717, 1.165) is 22.2 Å². The predicted molar refractivity (Wildman–Crippen MR) is 124 cm³/mol. The Morgan fingerprint density at radius 1 is 0.875 bits per heavy atom. The summed E-state index contributed by atoms with van der Waals surface area (Å²) in [6, 6.07) is 22.3. The number of aromatic amines is 1. The lowest BCUT2D eigenvalue weighted by atomic mass is 10.1. The molecule has 0 saturated carbocycles. The summed E-state index contributed by atoms with van der Waals surface area (Å²) in [6.07, 6.45) is 0. The minimum Gasteiger partial charge on any atom is -0.497 e. The number of nitrogens with zero attached hydrogens (tertiary/aromatic N) is 1. The van der Waals surface area contributed by atoms with Crippen LogP contribution in [0.5, 0.6) is 23.0 Å². The van der Waals surface area contributed by atoms with E-state index >= 15 is 0 Å². The van der Waals surface area contributed by atoms with Crippen LogP contribution in [0.1, 0.15) is 23.0 Å². The highest BCUT2D eigenvalue weighted by molar-refractivity contribution is 6.03. The third-order valence-corrected chi connectivity index (χ3v) is 4.94. The Morgan fingerprint density at radius 3 is 2.41 bits per heavy atom. The standard InChI is InChI=1S/C25H23N3O4/c1-16(21-15-19(30-2)10-12-24(21)31-3)27-28-25(29)23-14-17-13-20(9-11-22(17)26-23)32-18-7-5-4-6-8-18/h4-15,26H,1-3H3,(H,28,29)/b27-16-. The molecule has 1 amide bonds. The molecule has 1 aromatic heterocycles. The van der Waals surface area contributed by atoms with E-state index in [2.05, 4.69) is 15.5 Å². The number of methoxy groups -OCH3 is 2. The van der Waals surface area contributed by atoms with Crippen molar-refractivity contribution in [1.82, 2.24) is 10.4 Å². The van der Waals surface area contributed by atoms with Crippen LogP contribution in [-0.4, -0.2) is 30.8 Å². The van der Waals surface area contributed by atoms with E-state index < -0.39 is 0 Å². The minimum absolute atomic E-state index is 0.354. The lowest BCUT2D eigenvalue weighted by Crippen LogP contribution is -2.19. The van der Waals surface area contributed by atoms with Crippen molar-refractivity contribution in [3.63, 3.8) is 0 Å². The van der Waals surface area contributed by atoms with Crippen molar-refractivity contribution in [2.24, 2.45) is 5.10 Å². The second-order valence-electron chi connectivity index (χ2n) is 7.05. The van der Waals surface area contributed by atoms with E-state index in [9.17, 15) is 4.79 Å². The van der Waals surface area contributed by atoms with Gasteiger partial charge in [0.05, 0.1) is 19.9 Å². The molecule has 0 aliphatic rings. The van der Waals surface area contributed by atoms with E-state index in [1.54, 1.807) is 45.4 Å². The topological polar surface area (TPSA) is 84.9 Å². The van der Waals surface area contributed by atoms with Crippen molar-refractivity contribution in [2.75, 3.05) is 14.2 Å². The number of hydrazone groups is 1. The van der Waals surface area contributed by atoms with Gasteiger partial charge in [0.15, 0.2) is 0 Å². The first-order valence-corrected chi connectivity index (χ1v) is 10.00. The molecule has 0 atom stereocenters. The lowest BCUT2D eigenvalue weighted by molar-refractivity contribution is 0.0950. The van der Waals surface area contributed by atoms with Crippen LogP contribution in [0.4, 0.5) is 0 Å². The average molecular weight is 429 g/mol. The molecule has 0 radical (unpaired) electrons. The second kappa shape index (κ2) is 9.26. The minimum atomic E-state index is -0.354. The summed E-state index contributed by atoms with van der Waals surface area (Å²) in [4.78, 5) is 15.8. The van der Waals surface area contributed by atoms with Gasteiger partial charge in [-0.1, -0.05) is 18.2 Å². The van der Waals surface area contributed by atoms with Crippen LogP contribution < -0.4 is 19.6 Å². The SMILES string of the molecule is COc1ccc(OC)c(/C(C)=N\NC(=O)c2cc3cc(Oc4ccccc4)ccc3[nH]2)c1. The van der Waals surface area contributed by atoms with Gasteiger partial charge in [-0.2, -0.15) is 5.10 Å². The highest BCUT2D eigenvalue weighted by Gasteiger charge is 2.12. The molecule has 4 aromatic rings. The van der Waals surface area contributed by atoms with Crippen molar-refractivity contribution >= 4 is 22.5 Å². The third kappa shape index (κ3) is 4.57. The van der Waals surface area contributed by atoms with Crippen LogP contribution in [-0.2, 0) is 0 Å². The monoisotopic (exact) mass is 429 g/mol. The molecule has 0 saturated heterocycles. The second-order valence-corrected chi connectivity index (χ2v) is 7.05. The predicted octanol–water partition coefficient (Wildman–Crippen LogP) is 5.13. The number of aromatic nitrogens is 1. The van der Waals surface area contributed by atoms with Crippen LogP contribution in [0.3, 0.4) is 0 Å². The molecule has 0 fully saturated rings. The van der Waals surface area contributed by atoms with Gasteiger partial charge in [0.1, 0.15) is 28.7 Å². The van der Waals surface area contributed by atoms with Crippen molar-refractivity contribution < 1.29 is 19.0 Å². The lowest BCUT2D eigenvalue weighted by Gasteiger charge is -2.10. The maximum atomic E-state index is 12.7. The fourth-order valence-electron chi connectivity index (χ4n) is 3.27. The number of carbonyl (C=O) groups excluding carboxylic acids is 1. The van der Waals surface area contributed by atoms with Gasteiger partial charge in [-0.05, 0) is 61.5 Å². The smallest absolute Gasteiger partial charge is 0.287 e. The molecule has 7 heteroatoms. The highest BCUT2D eigenvalue weighted by Crippen LogP contribution is 2.26. The molecular weight excluding hydrogens is 406 g/mol. The molecule has 162 valence electrons. The summed E-state index contributed by atoms with van der Waals surface area (Å²) in [5.74, 6) is 2.39.